The zero-order valence-corrected chi connectivity index (χ0v) is 21.3. The summed E-state index contributed by atoms with van der Waals surface area (Å²) in [4.78, 5) is 0. The molecular weight excluding hydrogens is 580 g/mol. The van der Waals surface area contributed by atoms with Gasteiger partial charge >= 0.3 is 0 Å². The summed E-state index contributed by atoms with van der Waals surface area (Å²) in [7, 11) is 0. The molecule has 2 atom stereocenters. The first-order valence-corrected chi connectivity index (χ1v) is 11.4. The van der Waals surface area contributed by atoms with Crippen LogP contribution in [0.2, 0.25) is 40.2 Å². The second kappa shape index (κ2) is 11.7. The van der Waals surface area contributed by atoms with Crippen LogP contribution in [0.4, 0.5) is 0 Å². The second-order valence-electron chi connectivity index (χ2n) is 6.31. The minimum absolute atomic E-state index is 0.0642. The predicted molar refractivity (Wildman–Crippen MR) is 127 cm³/mol. The maximum absolute atomic E-state index is 9.70. The molecular formula is C18H14Cl8O5. The first-order chi connectivity index (χ1) is 14.5. The normalized spacial score (nSPS) is 13.4. The monoisotopic (exact) mass is 590 g/mol. The van der Waals surface area contributed by atoms with Crippen LogP contribution < -0.4 is 4.74 Å². The third kappa shape index (κ3) is 5.91. The molecule has 5 nitrogen and oxygen atoms in total. The maximum atomic E-state index is 9.70. The number of ether oxygens (including phenoxy) is 1. The summed E-state index contributed by atoms with van der Waals surface area (Å²) in [6, 6.07) is 0. The molecule has 0 aliphatic heterocycles. The SMILES string of the molecule is OC[C@@H](O)Cc1c(Cl)c(Cl)c(Oc2c(Cl)c(Cl)c(C[C@@H](O)CO)c(Cl)c2Cl)c(Cl)c1Cl. The second-order valence-corrected chi connectivity index (χ2v) is 9.33. The summed E-state index contributed by atoms with van der Waals surface area (Å²) in [6.45, 7) is -1.06. The van der Waals surface area contributed by atoms with Crippen molar-refractivity contribution in [3.63, 3.8) is 0 Å². The molecule has 172 valence electrons. The molecule has 0 radical (unpaired) electrons. The van der Waals surface area contributed by atoms with E-state index in [0.717, 1.165) is 0 Å². The smallest absolute Gasteiger partial charge is 0.167 e. The molecule has 0 bridgehead atoms. The molecule has 0 fully saturated rings. The third-order valence-electron chi connectivity index (χ3n) is 4.13. The molecule has 2 aromatic rings. The molecule has 4 N–H and O–H groups in total. The molecule has 0 heterocycles. The zero-order valence-electron chi connectivity index (χ0n) is 15.2. The van der Waals surface area contributed by atoms with Gasteiger partial charge in [0.15, 0.2) is 11.5 Å². The van der Waals surface area contributed by atoms with E-state index >= 15 is 0 Å². The van der Waals surface area contributed by atoms with Crippen LogP contribution in [-0.4, -0.2) is 45.8 Å². The van der Waals surface area contributed by atoms with Gasteiger partial charge in [-0.15, -0.1) is 0 Å². The zero-order chi connectivity index (χ0) is 23.6. The van der Waals surface area contributed by atoms with E-state index in [1.165, 1.54) is 0 Å². The van der Waals surface area contributed by atoms with E-state index in [-0.39, 0.29) is 75.6 Å². The van der Waals surface area contributed by atoms with Crippen molar-refractivity contribution in [2.24, 2.45) is 0 Å². The Kier molecular flexibility index (Phi) is 10.4. The molecule has 2 aromatic carbocycles. The Hall–Kier alpha value is 0.400. The molecule has 0 aliphatic rings. The molecule has 31 heavy (non-hydrogen) atoms. The van der Waals surface area contributed by atoms with Gasteiger partial charge in [0.25, 0.3) is 0 Å². The summed E-state index contributed by atoms with van der Waals surface area (Å²) < 4.78 is 5.71. The number of hydrogen-bond acceptors (Lipinski definition) is 5. The van der Waals surface area contributed by atoms with Crippen molar-refractivity contribution in [3.8, 4) is 11.5 Å². The van der Waals surface area contributed by atoms with Gasteiger partial charge in [-0.2, -0.15) is 0 Å². The third-order valence-corrected chi connectivity index (χ3v) is 7.63. The fraction of sp³-hybridized carbons (Fsp3) is 0.333. The Morgan fingerprint density at radius 1 is 0.516 bits per heavy atom. The standard InChI is InChI=1S/C18H14Cl8O5/c19-9-7(1-5(29)3-27)10(20)14(24)17(13(9)23)31-18-15(25)11(21)8(2-6(30)4-28)12(22)16(18)26/h5-6,27-30H,1-4H2/t5-,6+. The van der Waals surface area contributed by atoms with Gasteiger partial charge in [0, 0.05) is 12.8 Å². The Bertz CT molecular complexity index is 849. The average molecular weight is 594 g/mol. The first-order valence-electron chi connectivity index (χ1n) is 8.41. The van der Waals surface area contributed by atoms with Gasteiger partial charge in [-0.25, -0.2) is 0 Å². The largest absolute Gasteiger partial charge is 0.451 e. The predicted octanol–water partition coefficient (Wildman–Crippen LogP) is 6.50. The minimum Gasteiger partial charge on any atom is -0.451 e. The van der Waals surface area contributed by atoms with Crippen molar-refractivity contribution in [2.75, 3.05) is 13.2 Å². The Morgan fingerprint density at radius 2 is 0.774 bits per heavy atom. The molecule has 0 aromatic heterocycles. The van der Waals surface area contributed by atoms with Crippen LogP contribution in [0.3, 0.4) is 0 Å². The lowest BCUT2D eigenvalue weighted by Gasteiger charge is -2.20. The van der Waals surface area contributed by atoms with Crippen molar-refractivity contribution in [1.29, 1.82) is 0 Å². The van der Waals surface area contributed by atoms with Crippen LogP contribution >= 0.6 is 92.8 Å². The van der Waals surface area contributed by atoms with Crippen LogP contribution in [0.5, 0.6) is 11.5 Å². The molecule has 0 unspecified atom stereocenters. The Labute approximate surface area is 217 Å². The van der Waals surface area contributed by atoms with E-state index in [1.807, 2.05) is 0 Å². The maximum Gasteiger partial charge on any atom is 0.167 e. The van der Waals surface area contributed by atoms with Crippen molar-refractivity contribution >= 4 is 92.8 Å². The molecule has 2 rings (SSSR count). The lowest BCUT2D eigenvalue weighted by molar-refractivity contribution is 0.0955. The Balaban J connectivity index is 2.59. The van der Waals surface area contributed by atoms with Gasteiger partial charge in [0.1, 0.15) is 20.1 Å². The van der Waals surface area contributed by atoms with Crippen molar-refractivity contribution in [1.82, 2.24) is 0 Å². The van der Waals surface area contributed by atoms with Crippen LogP contribution in [0.25, 0.3) is 0 Å². The van der Waals surface area contributed by atoms with Gasteiger partial charge in [-0.05, 0) is 11.1 Å². The minimum atomic E-state index is -1.14. The van der Waals surface area contributed by atoms with E-state index in [1.54, 1.807) is 0 Å². The fourth-order valence-corrected chi connectivity index (χ4v) is 4.77. The highest BCUT2D eigenvalue weighted by molar-refractivity contribution is 6.51. The number of benzene rings is 2. The lowest BCUT2D eigenvalue weighted by Crippen LogP contribution is -2.16. The average Bonchev–Trinajstić information content (AvgIpc) is 2.76. The fourth-order valence-electron chi connectivity index (χ4n) is 2.55. The quantitative estimate of drug-likeness (QED) is 0.263. The summed E-state index contributed by atoms with van der Waals surface area (Å²) in [5, 5.41) is 36.6. The van der Waals surface area contributed by atoms with Crippen LogP contribution in [0, 0.1) is 0 Å². The molecule has 0 saturated heterocycles. The number of aliphatic hydroxyl groups excluding tert-OH is 4. The van der Waals surface area contributed by atoms with Crippen LogP contribution in [-0.2, 0) is 12.8 Å². The number of aliphatic hydroxyl groups is 4. The van der Waals surface area contributed by atoms with E-state index in [0.29, 0.717) is 0 Å². The summed E-state index contributed by atoms with van der Waals surface area (Å²) in [6.07, 6.45) is -2.52. The van der Waals surface area contributed by atoms with Gasteiger partial charge < -0.3 is 25.2 Å². The van der Waals surface area contributed by atoms with Crippen molar-refractivity contribution < 1.29 is 25.2 Å². The van der Waals surface area contributed by atoms with Crippen molar-refractivity contribution in [2.45, 2.75) is 25.0 Å². The molecule has 0 amide bonds. The highest BCUT2D eigenvalue weighted by atomic mass is 35.5. The highest BCUT2D eigenvalue weighted by Gasteiger charge is 2.28. The summed E-state index contributed by atoms with van der Waals surface area (Å²) >= 11 is 50.3. The van der Waals surface area contributed by atoms with Gasteiger partial charge in [0.2, 0.25) is 0 Å². The molecule has 13 heteroatoms. The lowest BCUT2D eigenvalue weighted by atomic mass is 10.1. The van der Waals surface area contributed by atoms with Gasteiger partial charge in [-0.3, -0.25) is 0 Å². The van der Waals surface area contributed by atoms with E-state index < -0.39 is 25.4 Å². The van der Waals surface area contributed by atoms with Gasteiger partial charge in [-0.1, -0.05) is 92.8 Å². The van der Waals surface area contributed by atoms with Crippen molar-refractivity contribution in [3.05, 3.63) is 51.3 Å². The number of rotatable bonds is 8. The summed E-state index contributed by atoms with van der Waals surface area (Å²) in [5.41, 5.74) is 0.405. The topological polar surface area (TPSA) is 90.2 Å². The number of hydrogen-bond donors (Lipinski definition) is 4. The van der Waals surface area contributed by atoms with E-state index in [4.69, 9.17) is 108 Å². The first kappa shape index (κ1) is 27.6. The number of halogens is 8. The van der Waals surface area contributed by atoms with Crippen LogP contribution in [0.15, 0.2) is 0 Å². The van der Waals surface area contributed by atoms with Crippen LogP contribution in [0.1, 0.15) is 11.1 Å². The molecule has 0 spiro atoms. The molecule has 0 aliphatic carbocycles. The van der Waals surface area contributed by atoms with E-state index in [9.17, 15) is 10.2 Å². The summed E-state index contributed by atoms with van der Waals surface area (Å²) in [5.74, 6) is -0.390. The van der Waals surface area contributed by atoms with Gasteiger partial charge in [0.05, 0.1) is 45.5 Å². The van der Waals surface area contributed by atoms with E-state index in [2.05, 4.69) is 0 Å². The molecule has 0 saturated carbocycles. The Morgan fingerprint density at radius 3 is 1.00 bits per heavy atom. The highest BCUT2D eigenvalue weighted by Crippen LogP contribution is 2.52.